The summed E-state index contributed by atoms with van der Waals surface area (Å²) in [5, 5.41) is 3.54. The SMILES string of the molecule is CC(C)(Oc1ccc(Br)cc1)C(=O)Nc1ccc2oc(-c3ccc(Cl)cc3)nc2c1. The van der Waals surface area contributed by atoms with Crippen LogP contribution in [0, 0.1) is 0 Å². The van der Waals surface area contributed by atoms with E-state index in [1.165, 1.54) is 0 Å². The fourth-order valence-corrected chi connectivity index (χ4v) is 3.24. The molecule has 5 nitrogen and oxygen atoms in total. The number of benzene rings is 3. The number of hydrogen-bond donors (Lipinski definition) is 1. The Morgan fingerprint density at radius 1 is 1.07 bits per heavy atom. The number of carbonyl (C=O) groups is 1. The van der Waals surface area contributed by atoms with E-state index in [9.17, 15) is 4.79 Å². The predicted octanol–water partition coefficient (Wildman–Crippen LogP) is 6.71. The van der Waals surface area contributed by atoms with Crippen molar-refractivity contribution in [1.82, 2.24) is 4.98 Å². The van der Waals surface area contributed by atoms with E-state index in [1.807, 2.05) is 24.3 Å². The Morgan fingerprint density at radius 3 is 2.47 bits per heavy atom. The lowest BCUT2D eigenvalue weighted by molar-refractivity contribution is -0.128. The van der Waals surface area contributed by atoms with Crippen LogP contribution in [-0.4, -0.2) is 16.5 Å². The molecule has 0 saturated heterocycles. The van der Waals surface area contributed by atoms with Crippen LogP contribution in [0.2, 0.25) is 5.02 Å². The summed E-state index contributed by atoms with van der Waals surface area (Å²) >= 11 is 9.32. The summed E-state index contributed by atoms with van der Waals surface area (Å²) in [4.78, 5) is 17.3. The van der Waals surface area contributed by atoms with Crippen LogP contribution in [0.4, 0.5) is 5.69 Å². The number of fused-ring (bicyclic) bond motifs is 1. The summed E-state index contributed by atoms with van der Waals surface area (Å²) in [5.41, 5.74) is 1.63. The first-order chi connectivity index (χ1) is 14.3. The van der Waals surface area contributed by atoms with E-state index in [4.69, 9.17) is 20.8 Å². The Balaban J connectivity index is 1.52. The van der Waals surface area contributed by atoms with Crippen molar-refractivity contribution in [2.24, 2.45) is 0 Å². The first-order valence-electron chi connectivity index (χ1n) is 9.23. The highest BCUT2D eigenvalue weighted by Crippen LogP contribution is 2.28. The second kappa shape index (κ2) is 8.13. The zero-order valence-corrected chi connectivity index (χ0v) is 18.6. The molecule has 1 heterocycles. The number of hydrogen-bond acceptors (Lipinski definition) is 4. The van der Waals surface area contributed by atoms with E-state index >= 15 is 0 Å². The van der Waals surface area contributed by atoms with Gasteiger partial charge in [-0.05, 0) is 80.6 Å². The zero-order chi connectivity index (χ0) is 21.3. The number of rotatable bonds is 5. The Bertz CT molecular complexity index is 1200. The van der Waals surface area contributed by atoms with Gasteiger partial charge in [-0.25, -0.2) is 4.98 Å². The van der Waals surface area contributed by atoms with Crippen molar-refractivity contribution in [1.29, 1.82) is 0 Å². The largest absolute Gasteiger partial charge is 0.478 e. The van der Waals surface area contributed by atoms with Crippen molar-refractivity contribution in [2.75, 3.05) is 5.32 Å². The van der Waals surface area contributed by atoms with Crippen molar-refractivity contribution in [3.8, 4) is 17.2 Å². The molecule has 0 aliphatic heterocycles. The topological polar surface area (TPSA) is 64.4 Å². The fourth-order valence-electron chi connectivity index (χ4n) is 2.85. The molecule has 0 unspecified atom stereocenters. The molecule has 0 atom stereocenters. The molecule has 152 valence electrons. The van der Waals surface area contributed by atoms with Crippen LogP contribution in [0.25, 0.3) is 22.6 Å². The van der Waals surface area contributed by atoms with Crippen molar-refractivity contribution in [3.63, 3.8) is 0 Å². The lowest BCUT2D eigenvalue weighted by Crippen LogP contribution is -2.42. The predicted molar refractivity (Wildman–Crippen MR) is 122 cm³/mol. The Labute approximate surface area is 187 Å². The fraction of sp³-hybridized carbons (Fsp3) is 0.130. The third-order valence-electron chi connectivity index (χ3n) is 4.47. The summed E-state index contributed by atoms with van der Waals surface area (Å²) in [5.74, 6) is 0.827. The average Bonchev–Trinajstić information content (AvgIpc) is 3.13. The number of carbonyl (C=O) groups excluding carboxylic acids is 1. The molecule has 0 spiro atoms. The van der Waals surface area contributed by atoms with Crippen LogP contribution in [-0.2, 0) is 4.79 Å². The van der Waals surface area contributed by atoms with E-state index in [-0.39, 0.29) is 5.91 Å². The lowest BCUT2D eigenvalue weighted by Gasteiger charge is -2.25. The monoisotopic (exact) mass is 484 g/mol. The second-order valence-electron chi connectivity index (χ2n) is 7.23. The Hall–Kier alpha value is -2.83. The standard InChI is InChI=1S/C23H18BrClN2O3/c1-23(2,30-18-10-5-15(24)6-11-18)22(28)26-17-9-12-20-19(13-17)27-21(29-20)14-3-7-16(25)8-4-14/h3-13H,1-2H3,(H,26,28). The number of anilines is 1. The normalized spacial score (nSPS) is 11.5. The van der Waals surface area contributed by atoms with E-state index in [0.717, 1.165) is 10.0 Å². The second-order valence-corrected chi connectivity index (χ2v) is 8.58. The number of halogens is 2. The van der Waals surface area contributed by atoms with Crippen molar-refractivity contribution >= 4 is 50.2 Å². The molecule has 0 bridgehead atoms. The molecule has 0 fully saturated rings. The average molecular weight is 486 g/mol. The van der Waals surface area contributed by atoms with Gasteiger partial charge < -0.3 is 14.5 Å². The smallest absolute Gasteiger partial charge is 0.267 e. The summed E-state index contributed by atoms with van der Waals surface area (Å²) in [6, 6.07) is 19.9. The maximum Gasteiger partial charge on any atom is 0.267 e. The quantitative estimate of drug-likeness (QED) is 0.341. The number of nitrogens with zero attached hydrogens (tertiary/aromatic N) is 1. The van der Waals surface area contributed by atoms with Gasteiger partial charge >= 0.3 is 0 Å². The van der Waals surface area contributed by atoms with Gasteiger partial charge in [-0.1, -0.05) is 27.5 Å². The molecule has 1 N–H and O–H groups in total. The Morgan fingerprint density at radius 2 is 1.77 bits per heavy atom. The molecule has 1 amide bonds. The van der Waals surface area contributed by atoms with Gasteiger partial charge in [0.25, 0.3) is 5.91 Å². The van der Waals surface area contributed by atoms with Crippen molar-refractivity contribution in [2.45, 2.75) is 19.4 Å². The van der Waals surface area contributed by atoms with Gasteiger partial charge in [0.05, 0.1) is 0 Å². The molecule has 0 saturated carbocycles. The summed E-state index contributed by atoms with van der Waals surface area (Å²) in [6.07, 6.45) is 0. The molecule has 4 aromatic rings. The molecule has 3 aromatic carbocycles. The van der Waals surface area contributed by atoms with Gasteiger partial charge in [-0.3, -0.25) is 4.79 Å². The minimum Gasteiger partial charge on any atom is -0.478 e. The van der Waals surface area contributed by atoms with Gasteiger partial charge in [0, 0.05) is 20.7 Å². The van der Waals surface area contributed by atoms with E-state index in [1.54, 1.807) is 56.3 Å². The summed E-state index contributed by atoms with van der Waals surface area (Å²) < 4.78 is 12.6. The van der Waals surface area contributed by atoms with Crippen LogP contribution in [0.5, 0.6) is 5.75 Å². The molecular weight excluding hydrogens is 468 g/mol. The summed E-state index contributed by atoms with van der Waals surface area (Å²) in [7, 11) is 0. The van der Waals surface area contributed by atoms with Gasteiger partial charge in [0.2, 0.25) is 5.89 Å². The molecule has 0 aliphatic carbocycles. The van der Waals surface area contributed by atoms with Gasteiger partial charge in [0.1, 0.15) is 11.3 Å². The minimum absolute atomic E-state index is 0.272. The number of nitrogens with one attached hydrogen (secondary N) is 1. The maximum absolute atomic E-state index is 12.8. The third-order valence-corrected chi connectivity index (χ3v) is 5.25. The van der Waals surface area contributed by atoms with Crippen molar-refractivity contribution < 1.29 is 13.9 Å². The zero-order valence-electron chi connectivity index (χ0n) is 16.3. The van der Waals surface area contributed by atoms with Gasteiger partial charge in [0.15, 0.2) is 11.2 Å². The number of amides is 1. The molecule has 7 heteroatoms. The molecule has 30 heavy (non-hydrogen) atoms. The van der Waals surface area contributed by atoms with E-state index in [2.05, 4.69) is 26.2 Å². The van der Waals surface area contributed by atoms with Crippen molar-refractivity contribution in [3.05, 3.63) is 76.2 Å². The highest BCUT2D eigenvalue weighted by Gasteiger charge is 2.30. The van der Waals surface area contributed by atoms with Crippen LogP contribution >= 0.6 is 27.5 Å². The first kappa shape index (κ1) is 20.4. The number of aromatic nitrogens is 1. The molecule has 0 aliphatic rings. The van der Waals surface area contributed by atoms with E-state index in [0.29, 0.717) is 33.4 Å². The number of oxazole rings is 1. The maximum atomic E-state index is 12.8. The molecule has 0 radical (unpaired) electrons. The highest BCUT2D eigenvalue weighted by atomic mass is 79.9. The van der Waals surface area contributed by atoms with Crippen LogP contribution in [0.1, 0.15) is 13.8 Å². The summed E-state index contributed by atoms with van der Waals surface area (Å²) in [6.45, 7) is 3.44. The van der Waals surface area contributed by atoms with Crippen LogP contribution < -0.4 is 10.1 Å². The third kappa shape index (κ3) is 4.50. The van der Waals surface area contributed by atoms with Crippen LogP contribution in [0.15, 0.2) is 75.6 Å². The molecule has 4 rings (SSSR count). The lowest BCUT2D eigenvalue weighted by atomic mass is 10.1. The number of ether oxygens (including phenoxy) is 1. The molecule has 1 aromatic heterocycles. The van der Waals surface area contributed by atoms with Gasteiger partial charge in [-0.2, -0.15) is 0 Å². The van der Waals surface area contributed by atoms with E-state index < -0.39 is 5.60 Å². The van der Waals surface area contributed by atoms with Crippen LogP contribution in [0.3, 0.4) is 0 Å². The highest BCUT2D eigenvalue weighted by molar-refractivity contribution is 9.10. The minimum atomic E-state index is -1.07. The molecular formula is C23H18BrClN2O3. The first-order valence-corrected chi connectivity index (χ1v) is 10.4. The van der Waals surface area contributed by atoms with Gasteiger partial charge in [-0.15, -0.1) is 0 Å². The Kier molecular flexibility index (Phi) is 5.54.